The summed E-state index contributed by atoms with van der Waals surface area (Å²) >= 11 is 0. The number of anilines is 1. The number of benzene rings is 1. The Kier molecular flexibility index (Phi) is 6.30. The van der Waals surface area contributed by atoms with Gasteiger partial charge in [0.2, 0.25) is 21.9 Å². The molecule has 1 fully saturated rings. The van der Waals surface area contributed by atoms with Gasteiger partial charge in [-0.1, -0.05) is 19.1 Å². The van der Waals surface area contributed by atoms with Gasteiger partial charge < -0.3 is 4.74 Å². The molecular weight excluding hydrogens is 382 g/mol. The smallest absolute Gasteiger partial charge is 0.249 e. The fourth-order valence-corrected chi connectivity index (χ4v) is 4.88. The first-order chi connectivity index (χ1) is 13.4. The van der Waals surface area contributed by atoms with Gasteiger partial charge in [0.1, 0.15) is 5.75 Å². The molecule has 152 valence electrons. The number of para-hydroxylation sites is 1. The molecule has 1 aromatic heterocycles. The first-order valence-electron chi connectivity index (χ1n) is 9.29. The first-order valence-corrected chi connectivity index (χ1v) is 10.9. The van der Waals surface area contributed by atoms with Gasteiger partial charge in [0, 0.05) is 13.1 Å². The number of hydrogen-bond donors (Lipinski definition) is 2. The second-order valence-corrected chi connectivity index (χ2v) is 8.80. The molecule has 2 heterocycles. The minimum atomic E-state index is -3.31. The minimum absolute atomic E-state index is 0.102. The number of hydrogen-bond acceptors (Lipinski definition) is 6. The number of methoxy groups -OCH3 is 1. The van der Waals surface area contributed by atoms with E-state index in [0.29, 0.717) is 37.4 Å². The molecule has 0 bridgehead atoms. The summed E-state index contributed by atoms with van der Waals surface area (Å²) in [6.07, 6.45) is 1.84. The molecule has 0 saturated carbocycles. The summed E-state index contributed by atoms with van der Waals surface area (Å²) in [5.74, 6) is 0.670. The molecule has 0 spiro atoms. The van der Waals surface area contributed by atoms with Crippen LogP contribution in [-0.4, -0.2) is 59.8 Å². The molecule has 10 heteroatoms. The third kappa shape index (κ3) is 4.50. The van der Waals surface area contributed by atoms with Crippen LogP contribution >= 0.6 is 0 Å². The molecule has 1 saturated heterocycles. The highest BCUT2D eigenvalue weighted by atomic mass is 32.2. The van der Waals surface area contributed by atoms with Gasteiger partial charge in [-0.25, -0.2) is 12.7 Å². The average Bonchev–Trinajstić information content (AvgIpc) is 3.16. The molecule has 3 rings (SSSR count). The van der Waals surface area contributed by atoms with Crippen LogP contribution in [0.15, 0.2) is 24.3 Å². The Balaban J connectivity index is 1.68. The topological polar surface area (TPSA) is 117 Å². The van der Waals surface area contributed by atoms with E-state index >= 15 is 0 Å². The second-order valence-electron chi connectivity index (χ2n) is 6.71. The Morgan fingerprint density at radius 3 is 2.93 bits per heavy atom. The van der Waals surface area contributed by atoms with Crippen molar-refractivity contribution in [2.75, 3.05) is 31.3 Å². The van der Waals surface area contributed by atoms with Gasteiger partial charge in [0.15, 0.2) is 5.82 Å². The van der Waals surface area contributed by atoms with E-state index in [2.05, 4.69) is 20.5 Å². The number of sulfonamides is 1. The van der Waals surface area contributed by atoms with Gasteiger partial charge in [0.05, 0.1) is 24.3 Å². The predicted molar refractivity (Wildman–Crippen MR) is 105 cm³/mol. The summed E-state index contributed by atoms with van der Waals surface area (Å²) in [5.41, 5.74) is 0.729. The predicted octanol–water partition coefficient (Wildman–Crippen LogP) is 1.87. The van der Waals surface area contributed by atoms with Gasteiger partial charge in [-0.05, 0) is 31.4 Å². The molecule has 28 heavy (non-hydrogen) atoms. The van der Waals surface area contributed by atoms with Gasteiger partial charge in [-0.2, -0.15) is 4.98 Å². The van der Waals surface area contributed by atoms with Crippen molar-refractivity contribution in [3.05, 3.63) is 24.3 Å². The molecule has 2 N–H and O–H groups in total. The van der Waals surface area contributed by atoms with Gasteiger partial charge in [-0.15, -0.1) is 5.10 Å². The molecule has 0 aliphatic carbocycles. The number of ether oxygens (including phenoxy) is 1. The van der Waals surface area contributed by atoms with Crippen molar-refractivity contribution in [1.82, 2.24) is 19.5 Å². The van der Waals surface area contributed by atoms with Crippen LogP contribution in [0.4, 0.5) is 5.95 Å². The number of nitrogens with zero attached hydrogens (tertiary/aromatic N) is 3. The number of aromatic amines is 1. The standard InChI is InChI=1S/C18H25N5O4S/c1-3-11-28(25,26)23-10-6-7-13(12-23)17(24)20-18-19-16(21-22-18)14-8-4-5-9-15(14)27-2/h4-5,8-9,13H,3,6-7,10-12H2,1-2H3,(H2,19,20,21,22,24)/t13-/m0/s1. The Morgan fingerprint density at radius 2 is 2.18 bits per heavy atom. The summed E-state index contributed by atoms with van der Waals surface area (Å²) in [6, 6.07) is 7.35. The lowest BCUT2D eigenvalue weighted by molar-refractivity contribution is -0.120. The number of H-pyrrole nitrogens is 1. The summed E-state index contributed by atoms with van der Waals surface area (Å²) in [7, 11) is -1.74. The van der Waals surface area contributed by atoms with Crippen molar-refractivity contribution in [1.29, 1.82) is 0 Å². The molecule has 1 aliphatic rings. The van der Waals surface area contributed by atoms with E-state index in [1.54, 1.807) is 7.11 Å². The molecule has 9 nitrogen and oxygen atoms in total. The highest BCUT2D eigenvalue weighted by Gasteiger charge is 2.32. The molecular formula is C18H25N5O4S. The van der Waals surface area contributed by atoms with Gasteiger partial charge in [-0.3, -0.25) is 15.2 Å². The monoisotopic (exact) mass is 407 g/mol. The van der Waals surface area contributed by atoms with Crippen molar-refractivity contribution >= 4 is 21.9 Å². The van der Waals surface area contributed by atoms with Crippen molar-refractivity contribution < 1.29 is 17.9 Å². The lowest BCUT2D eigenvalue weighted by Crippen LogP contribution is -2.44. The van der Waals surface area contributed by atoms with Crippen LogP contribution < -0.4 is 10.1 Å². The van der Waals surface area contributed by atoms with Crippen LogP contribution in [0.5, 0.6) is 5.75 Å². The van der Waals surface area contributed by atoms with Crippen LogP contribution in [0.2, 0.25) is 0 Å². The van der Waals surface area contributed by atoms with Gasteiger partial charge in [0.25, 0.3) is 0 Å². The maximum absolute atomic E-state index is 12.6. The van der Waals surface area contributed by atoms with Crippen LogP contribution in [0, 0.1) is 5.92 Å². The normalized spacial score (nSPS) is 18.0. The van der Waals surface area contributed by atoms with E-state index in [-0.39, 0.29) is 24.2 Å². The van der Waals surface area contributed by atoms with Crippen molar-refractivity contribution in [3.8, 4) is 17.1 Å². The van der Waals surface area contributed by atoms with E-state index in [1.807, 2.05) is 31.2 Å². The molecule has 1 atom stereocenters. The Morgan fingerprint density at radius 1 is 1.39 bits per heavy atom. The maximum Gasteiger partial charge on any atom is 0.249 e. The number of carbonyl (C=O) groups excluding carboxylic acids is 1. The van der Waals surface area contributed by atoms with Crippen LogP contribution in [0.25, 0.3) is 11.4 Å². The lowest BCUT2D eigenvalue weighted by atomic mass is 9.99. The number of rotatable bonds is 7. The zero-order valence-corrected chi connectivity index (χ0v) is 16.8. The number of aromatic nitrogens is 3. The minimum Gasteiger partial charge on any atom is -0.496 e. The highest BCUT2D eigenvalue weighted by Crippen LogP contribution is 2.27. The third-order valence-electron chi connectivity index (χ3n) is 4.69. The van der Waals surface area contributed by atoms with Crippen LogP contribution in [0.3, 0.4) is 0 Å². The second kappa shape index (κ2) is 8.70. The van der Waals surface area contributed by atoms with Crippen LogP contribution in [0.1, 0.15) is 26.2 Å². The summed E-state index contributed by atoms with van der Waals surface area (Å²) in [4.78, 5) is 16.9. The number of nitrogens with one attached hydrogen (secondary N) is 2. The summed E-state index contributed by atoms with van der Waals surface area (Å²) < 4.78 is 31.3. The average molecular weight is 407 g/mol. The molecule has 1 aliphatic heterocycles. The Labute approximate surface area is 164 Å². The summed E-state index contributed by atoms with van der Waals surface area (Å²) in [6.45, 7) is 2.48. The molecule has 2 aromatic rings. The quantitative estimate of drug-likeness (QED) is 0.724. The first kappa shape index (κ1) is 20.3. The van der Waals surface area contributed by atoms with E-state index < -0.39 is 15.9 Å². The number of piperidine rings is 1. The molecule has 1 aromatic carbocycles. The molecule has 0 radical (unpaired) electrons. The van der Waals surface area contributed by atoms with E-state index in [4.69, 9.17) is 4.74 Å². The van der Waals surface area contributed by atoms with E-state index in [9.17, 15) is 13.2 Å². The Hall–Kier alpha value is -2.46. The zero-order chi connectivity index (χ0) is 20.1. The van der Waals surface area contributed by atoms with Gasteiger partial charge >= 0.3 is 0 Å². The largest absolute Gasteiger partial charge is 0.496 e. The van der Waals surface area contributed by atoms with E-state index in [1.165, 1.54) is 4.31 Å². The van der Waals surface area contributed by atoms with Crippen molar-refractivity contribution in [2.24, 2.45) is 5.92 Å². The fourth-order valence-electron chi connectivity index (χ4n) is 3.29. The third-order valence-corrected chi connectivity index (χ3v) is 6.74. The van der Waals surface area contributed by atoms with Crippen molar-refractivity contribution in [3.63, 3.8) is 0 Å². The zero-order valence-electron chi connectivity index (χ0n) is 16.0. The molecule has 1 amide bonds. The summed E-state index contributed by atoms with van der Waals surface area (Å²) in [5, 5.41) is 9.53. The number of carbonyl (C=O) groups is 1. The molecule has 0 unspecified atom stereocenters. The van der Waals surface area contributed by atoms with Crippen LogP contribution in [-0.2, 0) is 14.8 Å². The maximum atomic E-state index is 12.6. The highest BCUT2D eigenvalue weighted by molar-refractivity contribution is 7.89. The SMILES string of the molecule is CCCS(=O)(=O)N1CCC[C@H](C(=O)Nc2n[nH]c(-c3ccccc3OC)n2)C1. The fraction of sp³-hybridized carbons (Fsp3) is 0.500. The lowest BCUT2D eigenvalue weighted by Gasteiger charge is -2.30. The van der Waals surface area contributed by atoms with Crippen molar-refractivity contribution in [2.45, 2.75) is 26.2 Å². The number of amides is 1. The van der Waals surface area contributed by atoms with E-state index in [0.717, 1.165) is 5.56 Å². The Bertz CT molecular complexity index is 928.